The normalized spacial score (nSPS) is 15.6. The Labute approximate surface area is 349 Å². The van der Waals surface area contributed by atoms with Crippen molar-refractivity contribution >= 4 is 32.6 Å². The molecule has 1 heterocycles. The van der Waals surface area contributed by atoms with E-state index in [2.05, 4.69) is 89.9 Å². The predicted molar refractivity (Wildman–Crippen MR) is 236 cm³/mol. The van der Waals surface area contributed by atoms with Gasteiger partial charge < -0.3 is 42.9 Å². The van der Waals surface area contributed by atoms with Crippen molar-refractivity contribution in [3.63, 3.8) is 0 Å². The first-order chi connectivity index (χ1) is 28.6. The number of H-pyrrole nitrogens is 1. The van der Waals surface area contributed by atoms with Crippen LogP contribution in [0.15, 0.2) is 97.1 Å². The number of nitrogens with zero attached hydrogens (tertiary/aromatic N) is 1. The van der Waals surface area contributed by atoms with Crippen molar-refractivity contribution in [3.05, 3.63) is 97.1 Å². The van der Waals surface area contributed by atoms with Gasteiger partial charge in [0.05, 0.1) is 87.9 Å². The molecule has 7 atom stereocenters. The molecule has 0 aliphatic rings. The van der Waals surface area contributed by atoms with Gasteiger partial charge in [-0.15, -0.1) is 0 Å². The third-order valence-corrected chi connectivity index (χ3v) is 10.3. The van der Waals surface area contributed by atoms with Gasteiger partial charge in [0.1, 0.15) is 12.1 Å². The summed E-state index contributed by atoms with van der Waals surface area (Å²) in [7, 11) is 1.68. The lowest BCUT2D eigenvalue weighted by Crippen LogP contribution is -2.30. The number of methoxy groups -OCH3 is 1. The van der Waals surface area contributed by atoms with Crippen LogP contribution in [0.25, 0.3) is 54.8 Å². The molecule has 7 unspecified atom stereocenters. The Morgan fingerprint density at radius 1 is 0.424 bits per heavy atom. The molecule has 316 valence electrons. The molecule has 0 radical (unpaired) electrons. The molecule has 59 heavy (non-hydrogen) atoms. The molecule has 1 aromatic heterocycles. The summed E-state index contributed by atoms with van der Waals surface area (Å²) in [5.74, 6) is 0. The minimum Gasteiger partial charge on any atom is -0.462 e. The van der Waals surface area contributed by atoms with Crippen molar-refractivity contribution < 1.29 is 37.9 Å². The summed E-state index contributed by atoms with van der Waals surface area (Å²) in [6.45, 7) is 17.1. The number of benzene rings is 5. The fraction of sp³-hybridized carbons (Fsp3) is 0.449. The van der Waals surface area contributed by atoms with E-state index in [0.717, 1.165) is 54.8 Å². The highest BCUT2D eigenvalue weighted by Gasteiger charge is 2.18. The third-order valence-electron chi connectivity index (χ3n) is 10.3. The van der Waals surface area contributed by atoms with Crippen LogP contribution in [0.3, 0.4) is 0 Å². The van der Waals surface area contributed by atoms with Crippen LogP contribution in [-0.4, -0.2) is 106 Å². The van der Waals surface area contributed by atoms with E-state index in [4.69, 9.17) is 42.9 Å². The van der Waals surface area contributed by atoms with Crippen molar-refractivity contribution in [2.75, 3.05) is 53.4 Å². The quantitative estimate of drug-likeness (QED) is 0.0599. The molecule has 0 fully saturated rings. The molecule has 10 nitrogen and oxygen atoms in total. The van der Waals surface area contributed by atoms with Gasteiger partial charge in [0, 0.05) is 17.9 Å². The molecule has 0 aliphatic heterocycles. The smallest absolute Gasteiger partial charge is 0.294 e. The van der Waals surface area contributed by atoms with Crippen molar-refractivity contribution in [3.8, 4) is 28.3 Å². The van der Waals surface area contributed by atoms with Gasteiger partial charge in [0.15, 0.2) is 0 Å². The number of nitrogens with one attached hydrogen (secondary N) is 1. The summed E-state index contributed by atoms with van der Waals surface area (Å²) < 4.78 is 47.3. The monoisotopic (exact) mass is 806 g/mol. The first-order valence-corrected chi connectivity index (χ1v) is 20.9. The number of hydrogen-bond acceptors (Lipinski definition) is 9. The van der Waals surface area contributed by atoms with Crippen LogP contribution in [0, 0.1) is 0 Å². The average molecular weight is 807 g/mol. The second-order valence-corrected chi connectivity index (χ2v) is 15.7. The Hall–Kier alpha value is -4.39. The van der Waals surface area contributed by atoms with E-state index in [-0.39, 0.29) is 42.7 Å². The van der Waals surface area contributed by atoms with Crippen LogP contribution < -0.4 is 4.74 Å². The number of aromatic amines is 1. The largest absolute Gasteiger partial charge is 0.462 e. The summed E-state index contributed by atoms with van der Waals surface area (Å²) in [5, 5.41) is 4.48. The van der Waals surface area contributed by atoms with Crippen LogP contribution in [0.5, 0.6) is 6.01 Å². The van der Waals surface area contributed by atoms with E-state index >= 15 is 0 Å². The fourth-order valence-electron chi connectivity index (χ4n) is 6.74. The zero-order valence-corrected chi connectivity index (χ0v) is 35.9. The zero-order chi connectivity index (χ0) is 41.7. The van der Waals surface area contributed by atoms with E-state index in [1.165, 1.54) is 0 Å². The number of aromatic nitrogens is 2. The zero-order valence-electron chi connectivity index (χ0n) is 35.9. The molecular formula is C49H62N2O8. The molecule has 0 amide bonds. The van der Waals surface area contributed by atoms with E-state index in [1.54, 1.807) is 7.11 Å². The summed E-state index contributed by atoms with van der Waals surface area (Å²) in [6.07, 6.45) is -0.507. The van der Waals surface area contributed by atoms with E-state index < -0.39 is 0 Å². The van der Waals surface area contributed by atoms with E-state index in [9.17, 15) is 0 Å². The number of ether oxygens (including phenoxy) is 8. The lowest BCUT2D eigenvalue weighted by Gasteiger charge is -2.22. The molecule has 5 aromatic carbocycles. The first-order valence-electron chi connectivity index (χ1n) is 20.9. The highest BCUT2D eigenvalue weighted by molar-refractivity contribution is 6.24. The van der Waals surface area contributed by atoms with Gasteiger partial charge in [-0.05, 0) is 93.6 Å². The van der Waals surface area contributed by atoms with Gasteiger partial charge in [-0.1, -0.05) is 84.9 Å². The van der Waals surface area contributed by atoms with Crippen LogP contribution in [0.4, 0.5) is 0 Å². The minimum atomic E-state index is -0.190. The maximum Gasteiger partial charge on any atom is 0.294 e. The molecular weight excluding hydrogens is 745 g/mol. The Balaban J connectivity index is 0.982. The third kappa shape index (κ3) is 12.6. The summed E-state index contributed by atoms with van der Waals surface area (Å²) in [5.41, 5.74) is 6.43. The van der Waals surface area contributed by atoms with Crippen molar-refractivity contribution in [2.45, 2.75) is 91.2 Å². The molecule has 0 saturated carbocycles. The second-order valence-electron chi connectivity index (χ2n) is 15.7. The number of imidazole rings is 1. The average Bonchev–Trinajstić information content (AvgIpc) is 3.71. The van der Waals surface area contributed by atoms with E-state index in [0.29, 0.717) is 52.3 Å². The first kappa shape index (κ1) is 44.2. The highest BCUT2D eigenvalue weighted by Crippen LogP contribution is 2.39. The Morgan fingerprint density at radius 3 is 1.25 bits per heavy atom. The summed E-state index contributed by atoms with van der Waals surface area (Å²) >= 11 is 0. The fourth-order valence-corrected chi connectivity index (χ4v) is 6.74. The maximum atomic E-state index is 6.26. The number of rotatable bonds is 24. The Kier molecular flexibility index (Phi) is 16.3. The topological polar surface area (TPSA) is 103 Å². The highest BCUT2D eigenvalue weighted by atomic mass is 16.6. The molecule has 10 heteroatoms. The van der Waals surface area contributed by atoms with Crippen molar-refractivity contribution in [1.82, 2.24) is 9.97 Å². The predicted octanol–water partition coefficient (Wildman–Crippen LogP) is 10.0. The van der Waals surface area contributed by atoms with Crippen molar-refractivity contribution in [1.29, 1.82) is 0 Å². The molecule has 6 aromatic rings. The standard InChI is InChI=1S/C49H62N2O8/c1-32(52-8)25-53-33(2)26-54-34(3)27-55-35(4)28-56-36(5)29-57-37(6)30-58-38(7)31-59-49-50-47-45-23-41(39-15-11-9-12-16-39)19-21-43(45)44-22-20-42(24-46(44)48(47)51-49)40-17-13-10-14-18-40/h9-24,32-38H,25-31H2,1-8H3,(H,50,51). The number of hydrogen-bond donors (Lipinski definition) is 1. The van der Waals surface area contributed by atoms with Gasteiger partial charge in [0.25, 0.3) is 6.01 Å². The SMILES string of the molecule is COC(C)COC(C)COC(C)COC(C)COC(C)COC(C)COC(C)COc1nc2c3cc(-c4ccccc4)ccc3c3ccc(-c4ccccc4)cc3c2[nH]1. The van der Waals surface area contributed by atoms with Crippen LogP contribution >= 0.6 is 0 Å². The molecule has 1 N–H and O–H groups in total. The lowest BCUT2D eigenvalue weighted by molar-refractivity contribution is -0.105. The summed E-state index contributed by atoms with van der Waals surface area (Å²) in [4.78, 5) is 8.55. The maximum absolute atomic E-state index is 6.26. The molecule has 0 spiro atoms. The van der Waals surface area contributed by atoms with Crippen molar-refractivity contribution in [2.24, 2.45) is 0 Å². The molecule has 0 bridgehead atoms. The van der Waals surface area contributed by atoms with Gasteiger partial charge in [-0.25, -0.2) is 0 Å². The van der Waals surface area contributed by atoms with Crippen LogP contribution in [-0.2, 0) is 33.2 Å². The lowest BCUT2D eigenvalue weighted by atomic mass is 9.94. The van der Waals surface area contributed by atoms with Gasteiger partial charge in [-0.2, -0.15) is 4.98 Å². The van der Waals surface area contributed by atoms with Crippen LogP contribution in [0.2, 0.25) is 0 Å². The Morgan fingerprint density at radius 2 is 0.814 bits per heavy atom. The molecule has 0 aliphatic carbocycles. The van der Waals surface area contributed by atoms with E-state index in [1.807, 2.05) is 60.6 Å². The number of fused-ring (bicyclic) bond motifs is 6. The molecule has 6 rings (SSSR count). The van der Waals surface area contributed by atoms with Gasteiger partial charge >= 0.3 is 0 Å². The summed E-state index contributed by atoms with van der Waals surface area (Å²) in [6, 6.07) is 34.6. The van der Waals surface area contributed by atoms with Gasteiger partial charge in [-0.3, -0.25) is 0 Å². The minimum absolute atomic E-state index is 0.0171. The van der Waals surface area contributed by atoms with Crippen LogP contribution in [0.1, 0.15) is 48.5 Å². The van der Waals surface area contributed by atoms with Gasteiger partial charge in [0.2, 0.25) is 0 Å². The molecule has 0 saturated heterocycles. The second kappa shape index (κ2) is 21.7. The Bertz CT molecular complexity index is 2060.